The van der Waals surface area contributed by atoms with Crippen LogP contribution in [-0.2, 0) is 17.6 Å². The Morgan fingerprint density at radius 1 is 1.14 bits per heavy atom. The van der Waals surface area contributed by atoms with Crippen molar-refractivity contribution in [1.29, 1.82) is 0 Å². The highest BCUT2D eigenvalue weighted by Crippen LogP contribution is 2.25. The van der Waals surface area contributed by atoms with Crippen LogP contribution in [0.4, 0.5) is 0 Å². The Kier molecular flexibility index (Phi) is 5.71. The molecule has 2 aromatic carbocycles. The number of aromatic nitrogens is 4. The smallest absolute Gasteiger partial charge is 0.230 e. The van der Waals surface area contributed by atoms with Crippen molar-refractivity contribution in [2.75, 3.05) is 5.75 Å². The minimum absolute atomic E-state index is 0.0227. The summed E-state index contributed by atoms with van der Waals surface area (Å²) in [4.78, 5) is 12.4. The van der Waals surface area contributed by atoms with Gasteiger partial charge in [-0.15, -0.1) is 5.10 Å². The van der Waals surface area contributed by atoms with E-state index in [2.05, 4.69) is 39.0 Å². The van der Waals surface area contributed by atoms with Crippen molar-refractivity contribution in [3.63, 3.8) is 0 Å². The van der Waals surface area contributed by atoms with Gasteiger partial charge < -0.3 is 5.32 Å². The molecule has 6 nitrogen and oxygen atoms in total. The highest BCUT2D eigenvalue weighted by Gasteiger charge is 2.16. The Bertz CT molecular complexity index is 956. The Hall–Kier alpha value is -2.67. The summed E-state index contributed by atoms with van der Waals surface area (Å²) in [6.45, 7) is 2.03. The van der Waals surface area contributed by atoms with Crippen molar-refractivity contribution in [2.45, 2.75) is 43.8 Å². The molecule has 3 aromatic rings. The average molecular weight is 394 g/mol. The van der Waals surface area contributed by atoms with E-state index >= 15 is 0 Å². The van der Waals surface area contributed by atoms with Gasteiger partial charge in [0.15, 0.2) is 0 Å². The topological polar surface area (TPSA) is 72.7 Å². The maximum absolute atomic E-state index is 12.4. The summed E-state index contributed by atoms with van der Waals surface area (Å²) < 4.78 is 1.64. The third kappa shape index (κ3) is 4.25. The minimum atomic E-state index is -0.0298. The number of rotatable bonds is 6. The van der Waals surface area contributed by atoms with Gasteiger partial charge in [0.2, 0.25) is 11.1 Å². The molecule has 0 unspecified atom stereocenters. The van der Waals surface area contributed by atoms with Crippen molar-refractivity contribution in [3.05, 3.63) is 65.2 Å². The molecule has 1 atom stereocenters. The van der Waals surface area contributed by atoms with Crippen LogP contribution in [0.2, 0.25) is 0 Å². The molecule has 1 heterocycles. The van der Waals surface area contributed by atoms with Crippen LogP contribution < -0.4 is 5.32 Å². The van der Waals surface area contributed by atoms with Crippen molar-refractivity contribution in [1.82, 2.24) is 25.5 Å². The number of aryl methyl sites for hydroxylation is 2. The Balaban J connectivity index is 1.36. The van der Waals surface area contributed by atoms with Gasteiger partial charge in [0.25, 0.3) is 0 Å². The average Bonchev–Trinajstić information content (AvgIpc) is 3.21. The van der Waals surface area contributed by atoms with Crippen LogP contribution in [0.5, 0.6) is 0 Å². The zero-order chi connectivity index (χ0) is 19.3. The summed E-state index contributed by atoms with van der Waals surface area (Å²) in [5, 5.41) is 15.5. The maximum atomic E-state index is 12.4. The standard InChI is InChI=1S/C21H23N5OS/c1-15(17-12-11-16-7-5-6-8-18(16)13-17)22-20(27)14-28-21-23-24-25-26(21)19-9-3-2-4-10-19/h2-4,9-13,15H,5-8,14H2,1H3,(H,22,27)/t15-/m0/s1. The minimum Gasteiger partial charge on any atom is -0.349 e. The van der Waals surface area contributed by atoms with Crippen LogP contribution in [0.1, 0.15) is 42.5 Å². The molecule has 1 N–H and O–H groups in total. The lowest BCUT2D eigenvalue weighted by Gasteiger charge is -2.20. The fraction of sp³-hybridized carbons (Fsp3) is 0.333. The monoisotopic (exact) mass is 393 g/mol. The van der Waals surface area contributed by atoms with Crippen LogP contribution in [0.3, 0.4) is 0 Å². The number of nitrogens with zero attached hydrogens (tertiary/aromatic N) is 4. The number of tetrazole rings is 1. The van der Waals surface area contributed by atoms with E-state index in [0.717, 1.165) is 17.7 Å². The third-order valence-electron chi connectivity index (χ3n) is 5.02. The van der Waals surface area contributed by atoms with Crippen LogP contribution in [-0.4, -0.2) is 31.9 Å². The first-order valence-electron chi connectivity index (χ1n) is 9.58. The lowest BCUT2D eigenvalue weighted by Crippen LogP contribution is -2.28. The van der Waals surface area contributed by atoms with Crippen LogP contribution in [0, 0.1) is 0 Å². The van der Waals surface area contributed by atoms with E-state index in [1.165, 1.54) is 42.2 Å². The Morgan fingerprint density at radius 3 is 2.75 bits per heavy atom. The summed E-state index contributed by atoms with van der Waals surface area (Å²) in [6, 6.07) is 16.2. The van der Waals surface area contributed by atoms with Gasteiger partial charge >= 0.3 is 0 Å². The highest BCUT2D eigenvalue weighted by molar-refractivity contribution is 7.99. The molecular weight excluding hydrogens is 370 g/mol. The fourth-order valence-corrected chi connectivity index (χ4v) is 4.22. The van der Waals surface area contributed by atoms with Crippen molar-refractivity contribution in [2.24, 2.45) is 0 Å². The van der Waals surface area contributed by atoms with Gasteiger partial charge in [-0.2, -0.15) is 4.68 Å². The second-order valence-corrected chi connectivity index (χ2v) is 7.96. The molecule has 7 heteroatoms. The van der Waals surface area contributed by atoms with Gasteiger partial charge in [-0.3, -0.25) is 4.79 Å². The fourth-order valence-electron chi connectivity index (χ4n) is 3.52. The third-order valence-corrected chi connectivity index (χ3v) is 5.94. The summed E-state index contributed by atoms with van der Waals surface area (Å²) >= 11 is 1.33. The zero-order valence-electron chi connectivity index (χ0n) is 15.8. The molecule has 144 valence electrons. The molecule has 0 fully saturated rings. The number of para-hydroxylation sites is 1. The second-order valence-electron chi connectivity index (χ2n) is 7.02. The van der Waals surface area contributed by atoms with E-state index in [-0.39, 0.29) is 17.7 Å². The molecule has 0 spiro atoms. The van der Waals surface area contributed by atoms with Gasteiger partial charge in [0.05, 0.1) is 17.5 Å². The number of amides is 1. The normalized spacial score (nSPS) is 14.3. The SMILES string of the molecule is C[C@H](NC(=O)CSc1nnnn1-c1ccccc1)c1ccc2c(c1)CCCC2. The van der Waals surface area contributed by atoms with Gasteiger partial charge in [0, 0.05) is 0 Å². The summed E-state index contributed by atoms with van der Waals surface area (Å²) in [5.41, 5.74) is 4.92. The van der Waals surface area contributed by atoms with Crippen molar-refractivity contribution in [3.8, 4) is 5.69 Å². The lowest BCUT2D eigenvalue weighted by molar-refractivity contribution is -0.119. The van der Waals surface area contributed by atoms with Crippen molar-refractivity contribution >= 4 is 17.7 Å². The summed E-state index contributed by atoms with van der Waals surface area (Å²) in [7, 11) is 0. The quantitative estimate of drug-likeness (QED) is 0.649. The second kappa shape index (κ2) is 8.56. The number of fused-ring (bicyclic) bond motifs is 1. The molecule has 1 aliphatic rings. The zero-order valence-corrected chi connectivity index (χ0v) is 16.7. The number of carbonyl (C=O) groups is 1. The van der Waals surface area contributed by atoms with Gasteiger partial charge in [-0.25, -0.2) is 0 Å². The van der Waals surface area contributed by atoms with E-state index in [1.807, 2.05) is 37.3 Å². The summed E-state index contributed by atoms with van der Waals surface area (Å²) in [5.74, 6) is 0.237. The number of hydrogen-bond acceptors (Lipinski definition) is 5. The van der Waals surface area contributed by atoms with Gasteiger partial charge in [0.1, 0.15) is 0 Å². The van der Waals surface area contributed by atoms with Crippen molar-refractivity contribution < 1.29 is 4.79 Å². The number of carbonyl (C=O) groups excluding carboxylic acids is 1. The molecule has 1 aliphatic carbocycles. The molecule has 28 heavy (non-hydrogen) atoms. The maximum Gasteiger partial charge on any atom is 0.230 e. The summed E-state index contributed by atoms with van der Waals surface area (Å²) in [6.07, 6.45) is 4.84. The van der Waals surface area contributed by atoms with Crippen LogP contribution in [0.25, 0.3) is 5.69 Å². The van der Waals surface area contributed by atoms with E-state index in [0.29, 0.717) is 5.16 Å². The number of benzene rings is 2. The molecule has 0 radical (unpaired) electrons. The van der Waals surface area contributed by atoms with E-state index in [4.69, 9.17) is 0 Å². The molecule has 0 aliphatic heterocycles. The number of thioether (sulfide) groups is 1. The molecule has 0 saturated carbocycles. The Morgan fingerprint density at radius 2 is 1.93 bits per heavy atom. The largest absolute Gasteiger partial charge is 0.349 e. The first-order valence-corrected chi connectivity index (χ1v) is 10.6. The number of hydrogen-bond donors (Lipinski definition) is 1. The molecule has 1 amide bonds. The van der Waals surface area contributed by atoms with Gasteiger partial charge in [-0.1, -0.05) is 48.2 Å². The van der Waals surface area contributed by atoms with Gasteiger partial charge in [-0.05, 0) is 71.9 Å². The molecule has 4 rings (SSSR count). The molecular formula is C21H23N5OS. The predicted octanol–water partition coefficient (Wildman–Crippen LogP) is 3.51. The molecule has 0 bridgehead atoms. The lowest BCUT2D eigenvalue weighted by atomic mass is 9.89. The first kappa shape index (κ1) is 18.7. The molecule has 1 aromatic heterocycles. The van der Waals surface area contributed by atoms with Crippen LogP contribution in [0.15, 0.2) is 53.7 Å². The van der Waals surface area contributed by atoms with E-state index in [9.17, 15) is 4.79 Å². The van der Waals surface area contributed by atoms with Crippen LogP contribution >= 0.6 is 11.8 Å². The Labute approximate surface area is 168 Å². The number of nitrogens with one attached hydrogen (secondary N) is 1. The van der Waals surface area contributed by atoms with E-state index < -0.39 is 0 Å². The van der Waals surface area contributed by atoms with E-state index in [1.54, 1.807) is 4.68 Å². The molecule has 0 saturated heterocycles. The first-order chi connectivity index (χ1) is 13.7. The highest BCUT2D eigenvalue weighted by atomic mass is 32.2. The predicted molar refractivity (Wildman–Crippen MR) is 110 cm³/mol.